The number of rotatable bonds is 6. The molecule has 0 bridgehead atoms. The first-order valence-electron chi connectivity index (χ1n) is 7.25. The van der Waals surface area contributed by atoms with Crippen LogP contribution in [0.3, 0.4) is 0 Å². The number of carbonyl (C=O) groups is 1. The molecule has 104 valence electrons. The summed E-state index contributed by atoms with van der Waals surface area (Å²) < 4.78 is 0. The molecular weight excluding hydrogens is 238 g/mol. The summed E-state index contributed by atoms with van der Waals surface area (Å²) in [7, 11) is 0. The molecule has 1 aliphatic rings. The van der Waals surface area contributed by atoms with Crippen LogP contribution in [0.25, 0.3) is 0 Å². The summed E-state index contributed by atoms with van der Waals surface area (Å²) in [6.45, 7) is 0.543. The van der Waals surface area contributed by atoms with Gasteiger partial charge in [0.05, 0.1) is 6.10 Å². The van der Waals surface area contributed by atoms with Crippen LogP contribution in [0.15, 0.2) is 30.3 Å². The van der Waals surface area contributed by atoms with Gasteiger partial charge in [0.25, 0.3) is 0 Å². The van der Waals surface area contributed by atoms with Crippen LogP contribution in [0.5, 0.6) is 0 Å². The van der Waals surface area contributed by atoms with Crippen molar-refractivity contribution in [1.29, 1.82) is 0 Å². The van der Waals surface area contributed by atoms with Crippen LogP contribution in [0.2, 0.25) is 0 Å². The molecule has 1 aliphatic carbocycles. The van der Waals surface area contributed by atoms with Crippen molar-refractivity contribution in [3.8, 4) is 0 Å². The molecule has 1 aromatic rings. The molecule has 2 N–H and O–H groups in total. The number of hydrogen-bond donors (Lipinski definition) is 2. The second kappa shape index (κ2) is 7.29. The number of benzene rings is 1. The first-order valence-corrected chi connectivity index (χ1v) is 7.25. The fourth-order valence-electron chi connectivity index (χ4n) is 2.74. The van der Waals surface area contributed by atoms with Crippen molar-refractivity contribution < 1.29 is 9.90 Å². The highest BCUT2D eigenvalue weighted by atomic mass is 16.3. The van der Waals surface area contributed by atoms with Crippen LogP contribution < -0.4 is 5.32 Å². The molecule has 0 saturated heterocycles. The fraction of sp³-hybridized carbons (Fsp3) is 0.562. The van der Waals surface area contributed by atoms with E-state index >= 15 is 0 Å². The maximum absolute atomic E-state index is 11.7. The van der Waals surface area contributed by atoms with Gasteiger partial charge in [-0.25, -0.2) is 0 Å². The molecule has 1 unspecified atom stereocenters. The lowest BCUT2D eigenvalue weighted by molar-refractivity contribution is -0.122. The summed E-state index contributed by atoms with van der Waals surface area (Å²) in [5, 5.41) is 12.9. The first-order chi connectivity index (χ1) is 9.25. The minimum absolute atomic E-state index is 0.132. The predicted octanol–water partition coefficient (Wildman–Crippen LogP) is 2.81. The van der Waals surface area contributed by atoms with Gasteiger partial charge >= 0.3 is 0 Å². The highest BCUT2D eigenvalue weighted by Gasteiger charge is 2.18. The van der Waals surface area contributed by atoms with E-state index in [2.05, 4.69) is 5.32 Å². The summed E-state index contributed by atoms with van der Waals surface area (Å²) in [4.78, 5) is 11.7. The monoisotopic (exact) mass is 261 g/mol. The quantitative estimate of drug-likeness (QED) is 0.827. The average Bonchev–Trinajstić information content (AvgIpc) is 2.92. The molecule has 0 radical (unpaired) electrons. The minimum atomic E-state index is -0.493. The molecule has 1 aromatic carbocycles. The topological polar surface area (TPSA) is 49.3 Å². The lowest BCUT2D eigenvalue weighted by Gasteiger charge is -2.13. The van der Waals surface area contributed by atoms with E-state index in [9.17, 15) is 9.90 Å². The highest BCUT2D eigenvalue weighted by Crippen LogP contribution is 2.27. The van der Waals surface area contributed by atoms with Crippen molar-refractivity contribution >= 4 is 5.91 Å². The summed E-state index contributed by atoms with van der Waals surface area (Å²) in [5.74, 6) is 0.714. The second-order valence-corrected chi connectivity index (χ2v) is 5.42. The van der Waals surface area contributed by atoms with E-state index in [-0.39, 0.29) is 5.91 Å². The molecule has 1 saturated carbocycles. The van der Waals surface area contributed by atoms with Gasteiger partial charge in [0.2, 0.25) is 5.91 Å². The standard InChI is InChI=1S/C16H23NO2/c18-15(14-8-2-1-3-9-14)10-11-17-16(19)12-13-6-4-5-7-13/h1-3,8-9,13,15,18H,4-7,10-12H2,(H,17,19). The van der Waals surface area contributed by atoms with Gasteiger partial charge in [-0.1, -0.05) is 43.2 Å². The van der Waals surface area contributed by atoms with E-state index in [1.807, 2.05) is 30.3 Å². The lowest BCUT2D eigenvalue weighted by Crippen LogP contribution is -2.27. The fourth-order valence-corrected chi connectivity index (χ4v) is 2.74. The van der Waals surface area contributed by atoms with Gasteiger partial charge in [0.15, 0.2) is 0 Å². The van der Waals surface area contributed by atoms with E-state index < -0.39 is 6.10 Å². The molecule has 3 heteroatoms. The molecule has 3 nitrogen and oxygen atoms in total. The smallest absolute Gasteiger partial charge is 0.220 e. The predicted molar refractivity (Wildman–Crippen MR) is 75.6 cm³/mol. The molecule has 0 aromatic heterocycles. The summed E-state index contributed by atoms with van der Waals surface area (Å²) in [6, 6.07) is 9.57. The molecular formula is C16H23NO2. The Morgan fingerprint density at radius 1 is 1.26 bits per heavy atom. The summed E-state index contributed by atoms with van der Waals surface area (Å²) in [5.41, 5.74) is 0.910. The van der Waals surface area contributed by atoms with Gasteiger partial charge in [0, 0.05) is 13.0 Å². The van der Waals surface area contributed by atoms with Gasteiger partial charge in [-0.3, -0.25) is 4.79 Å². The van der Waals surface area contributed by atoms with Crippen molar-refractivity contribution in [2.75, 3.05) is 6.54 Å². The third-order valence-corrected chi connectivity index (χ3v) is 3.87. The molecule has 1 amide bonds. The Bertz CT molecular complexity index is 385. The molecule has 19 heavy (non-hydrogen) atoms. The Morgan fingerprint density at radius 2 is 1.95 bits per heavy atom. The number of aliphatic hydroxyl groups excluding tert-OH is 1. The Morgan fingerprint density at radius 3 is 2.63 bits per heavy atom. The normalized spacial score (nSPS) is 17.3. The lowest BCUT2D eigenvalue weighted by atomic mass is 10.0. The van der Waals surface area contributed by atoms with Crippen LogP contribution in [0, 0.1) is 5.92 Å². The Balaban J connectivity index is 1.64. The second-order valence-electron chi connectivity index (χ2n) is 5.42. The van der Waals surface area contributed by atoms with Crippen molar-refractivity contribution in [2.45, 2.75) is 44.6 Å². The number of amides is 1. The Labute approximate surface area is 115 Å². The van der Waals surface area contributed by atoms with E-state index in [0.29, 0.717) is 25.3 Å². The van der Waals surface area contributed by atoms with Crippen molar-refractivity contribution in [1.82, 2.24) is 5.32 Å². The maximum Gasteiger partial charge on any atom is 0.220 e. The van der Waals surface area contributed by atoms with Gasteiger partial charge in [-0.05, 0) is 30.7 Å². The van der Waals surface area contributed by atoms with Gasteiger partial charge in [-0.15, -0.1) is 0 Å². The van der Waals surface area contributed by atoms with Crippen LogP contribution in [-0.2, 0) is 4.79 Å². The SMILES string of the molecule is O=C(CC1CCCC1)NCCC(O)c1ccccc1. The van der Waals surface area contributed by atoms with Gasteiger partial charge in [0.1, 0.15) is 0 Å². The zero-order valence-electron chi connectivity index (χ0n) is 11.3. The maximum atomic E-state index is 11.7. The van der Waals surface area contributed by atoms with Gasteiger partial charge < -0.3 is 10.4 Å². The third kappa shape index (κ3) is 4.67. The Hall–Kier alpha value is -1.35. The van der Waals surface area contributed by atoms with Crippen LogP contribution in [0.1, 0.15) is 50.2 Å². The molecule has 1 fully saturated rings. The molecule has 2 rings (SSSR count). The minimum Gasteiger partial charge on any atom is -0.388 e. The zero-order chi connectivity index (χ0) is 13.5. The summed E-state index contributed by atoms with van der Waals surface area (Å²) >= 11 is 0. The number of hydrogen-bond acceptors (Lipinski definition) is 2. The average molecular weight is 261 g/mol. The van der Waals surface area contributed by atoms with Crippen LogP contribution in [0.4, 0.5) is 0 Å². The van der Waals surface area contributed by atoms with Gasteiger partial charge in [-0.2, -0.15) is 0 Å². The Kier molecular flexibility index (Phi) is 5.40. The van der Waals surface area contributed by atoms with Crippen molar-refractivity contribution in [3.63, 3.8) is 0 Å². The van der Waals surface area contributed by atoms with E-state index in [0.717, 1.165) is 5.56 Å². The number of carbonyl (C=O) groups excluding carboxylic acids is 1. The van der Waals surface area contributed by atoms with E-state index in [4.69, 9.17) is 0 Å². The van der Waals surface area contributed by atoms with Crippen molar-refractivity contribution in [3.05, 3.63) is 35.9 Å². The van der Waals surface area contributed by atoms with E-state index in [1.54, 1.807) is 0 Å². The largest absolute Gasteiger partial charge is 0.388 e. The van der Waals surface area contributed by atoms with Crippen LogP contribution in [-0.4, -0.2) is 17.6 Å². The molecule has 0 heterocycles. The van der Waals surface area contributed by atoms with E-state index in [1.165, 1.54) is 25.7 Å². The van der Waals surface area contributed by atoms with Crippen LogP contribution >= 0.6 is 0 Å². The summed E-state index contributed by atoms with van der Waals surface area (Å²) in [6.07, 6.45) is 5.66. The first kappa shape index (κ1) is 14.1. The third-order valence-electron chi connectivity index (χ3n) is 3.87. The highest BCUT2D eigenvalue weighted by molar-refractivity contribution is 5.76. The zero-order valence-corrected chi connectivity index (χ0v) is 11.3. The van der Waals surface area contributed by atoms with Crippen molar-refractivity contribution in [2.24, 2.45) is 5.92 Å². The number of aliphatic hydroxyl groups is 1. The molecule has 0 spiro atoms. The molecule has 1 atom stereocenters. The molecule has 0 aliphatic heterocycles. The number of nitrogens with one attached hydrogen (secondary N) is 1.